The van der Waals surface area contributed by atoms with E-state index in [-0.39, 0.29) is 12.5 Å². The van der Waals surface area contributed by atoms with Gasteiger partial charge in [0.25, 0.3) is 0 Å². The summed E-state index contributed by atoms with van der Waals surface area (Å²) in [6.07, 6.45) is 54.4. The molecule has 0 fully saturated rings. The van der Waals surface area contributed by atoms with Gasteiger partial charge in [-0.2, -0.15) is 0 Å². The van der Waals surface area contributed by atoms with E-state index in [1.165, 1.54) is 193 Å². The van der Waals surface area contributed by atoms with Crippen molar-refractivity contribution in [3.63, 3.8) is 0 Å². The monoisotopic (exact) mass is 704 g/mol. The van der Waals surface area contributed by atoms with Gasteiger partial charge in [0.2, 0.25) is 5.91 Å². The lowest BCUT2D eigenvalue weighted by Gasteiger charge is -2.19. The molecule has 0 heterocycles. The zero-order valence-electron chi connectivity index (χ0n) is 33.9. The molecule has 0 aliphatic rings. The fourth-order valence-corrected chi connectivity index (χ4v) is 6.96. The molecule has 50 heavy (non-hydrogen) atoms. The van der Waals surface area contributed by atoms with Crippen molar-refractivity contribution in [2.45, 2.75) is 257 Å². The molecule has 0 aliphatic carbocycles. The van der Waals surface area contributed by atoms with Crippen molar-refractivity contribution in [3.05, 3.63) is 24.3 Å². The third kappa shape index (κ3) is 38.1. The molecule has 4 heteroatoms. The summed E-state index contributed by atoms with van der Waals surface area (Å²) >= 11 is 0. The zero-order chi connectivity index (χ0) is 36.4. The summed E-state index contributed by atoms with van der Waals surface area (Å²) in [5.74, 6) is -0.0719. The molecule has 0 aromatic heterocycles. The lowest BCUT2D eigenvalue weighted by molar-refractivity contribution is -0.123. The highest BCUT2D eigenvalue weighted by molar-refractivity contribution is 5.76. The SMILES string of the molecule is CCCCCCCCCCCCCCCCCCCCC/C=C/CC/C=C/C(O)C(CO)NC(=O)CCCCCCCCCCCCCCC. The summed E-state index contributed by atoms with van der Waals surface area (Å²) in [5.41, 5.74) is 0. The minimum absolute atomic E-state index is 0.0719. The van der Waals surface area contributed by atoms with E-state index in [9.17, 15) is 15.0 Å². The summed E-state index contributed by atoms with van der Waals surface area (Å²) in [4.78, 5) is 12.3. The van der Waals surface area contributed by atoms with Gasteiger partial charge in [0.15, 0.2) is 0 Å². The molecule has 1 amide bonds. The van der Waals surface area contributed by atoms with Gasteiger partial charge in [0, 0.05) is 6.42 Å². The minimum atomic E-state index is -0.857. The highest BCUT2D eigenvalue weighted by atomic mass is 16.3. The first-order valence-electron chi connectivity index (χ1n) is 22.6. The van der Waals surface area contributed by atoms with Crippen molar-refractivity contribution >= 4 is 5.91 Å². The number of carbonyl (C=O) groups is 1. The maximum Gasteiger partial charge on any atom is 0.220 e. The average molecular weight is 704 g/mol. The number of unbranched alkanes of at least 4 members (excludes halogenated alkanes) is 32. The van der Waals surface area contributed by atoms with Gasteiger partial charge in [-0.25, -0.2) is 0 Å². The summed E-state index contributed by atoms with van der Waals surface area (Å²) in [7, 11) is 0. The second-order valence-electron chi connectivity index (χ2n) is 15.5. The van der Waals surface area contributed by atoms with E-state index >= 15 is 0 Å². The quantitative estimate of drug-likeness (QED) is 0.0438. The van der Waals surface area contributed by atoms with Crippen LogP contribution in [-0.2, 0) is 4.79 Å². The van der Waals surface area contributed by atoms with Crippen LogP contribution in [0.4, 0.5) is 0 Å². The van der Waals surface area contributed by atoms with Crippen LogP contribution in [0.5, 0.6) is 0 Å². The summed E-state index contributed by atoms with van der Waals surface area (Å²) in [6, 6.07) is -0.634. The molecule has 0 radical (unpaired) electrons. The van der Waals surface area contributed by atoms with Crippen LogP contribution in [0.15, 0.2) is 24.3 Å². The summed E-state index contributed by atoms with van der Waals surface area (Å²) in [6.45, 7) is 4.31. The fraction of sp³-hybridized carbons (Fsp3) is 0.891. The molecule has 0 aromatic rings. The topological polar surface area (TPSA) is 69.6 Å². The highest BCUT2D eigenvalue weighted by Crippen LogP contribution is 2.16. The predicted molar refractivity (Wildman–Crippen MR) is 221 cm³/mol. The lowest BCUT2D eigenvalue weighted by Crippen LogP contribution is -2.45. The first-order valence-corrected chi connectivity index (χ1v) is 22.6. The van der Waals surface area contributed by atoms with E-state index in [0.717, 1.165) is 32.1 Å². The van der Waals surface area contributed by atoms with E-state index in [4.69, 9.17) is 0 Å². The molecule has 2 unspecified atom stereocenters. The molecule has 0 bridgehead atoms. The second kappa shape index (κ2) is 42.3. The molecule has 0 aromatic carbocycles. The number of nitrogens with one attached hydrogen (secondary N) is 1. The van der Waals surface area contributed by atoms with Crippen LogP contribution in [0.2, 0.25) is 0 Å². The smallest absolute Gasteiger partial charge is 0.220 e. The Morgan fingerprint density at radius 2 is 0.780 bits per heavy atom. The Labute approximate surface area is 313 Å². The van der Waals surface area contributed by atoms with Gasteiger partial charge in [-0.1, -0.05) is 231 Å². The Kier molecular flexibility index (Phi) is 41.3. The third-order valence-corrected chi connectivity index (χ3v) is 10.4. The first-order chi connectivity index (χ1) is 24.7. The van der Waals surface area contributed by atoms with Gasteiger partial charge >= 0.3 is 0 Å². The number of hydrogen-bond donors (Lipinski definition) is 3. The van der Waals surface area contributed by atoms with E-state index in [0.29, 0.717) is 6.42 Å². The standard InChI is InChI=1S/C46H89NO3/c1-3-5-7-9-11-13-15-17-18-19-20-21-22-23-24-25-26-27-28-30-31-33-35-37-39-41-45(49)44(43-48)47-46(50)42-40-38-36-34-32-29-16-14-12-10-8-6-4-2/h31,33,39,41,44-45,48-49H,3-30,32,34-38,40,42-43H2,1-2H3,(H,47,50)/b33-31+,41-39+. The van der Waals surface area contributed by atoms with Crippen molar-refractivity contribution in [2.75, 3.05) is 6.61 Å². The Morgan fingerprint density at radius 1 is 0.460 bits per heavy atom. The van der Waals surface area contributed by atoms with E-state index in [2.05, 4.69) is 31.3 Å². The highest BCUT2D eigenvalue weighted by Gasteiger charge is 2.17. The number of rotatable bonds is 41. The van der Waals surface area contributed by atoms with Crippen molar-refractivity contribution in [3.8, 4) is 0 Å². The molecule has 0 aliphatic heterocycles. The van der Waals surface area contributed by atoms with Crippen molar-refractivity contribution in [2.24, 2.45) is 0 Å². The molecule has 3 N–H and O–H groups in total. The number of carbonyl (C=O) groups excluding carboxylic acids is 1. The van der Waals surface area contributed by atoms with Crippen LogP contribution in [0.25, 0.3) is 0 Å². The molecular weight excluding hydrogens is 615 g/mol. The van der Waals surface area contributed by atoms with Gasteiger partial charge in [-0.15, -0.1) is 0 Å². The second-order valence-corrected chi connectivity index (χ2v) is 15.5. The molecule has 0 spiro atoms. The Hall–Kier alpha value is -1.13. The third-order valence-electron chi connectivity index (χ3n) is 10.4. The molecule has 296 valence electrons. The molecule has 4 nitrogen and oxygen atoms in total. The summed E-state index contributed by atoms with van der Waals surface area (Å²) < 4.78 is 0. The maximum absolute atomic E-state index is 12.3. The van der Waals surface area contributed by atoms with Gasteiger partial charge in [0.1, 0.15) is 0 Å². The average Bonchev–Trinajstić information content (AvgIpc) is 3.12. The van der Waals surface area contributed by atoms with Gasteiger partial charge in [0.05, 0.1) is 18.8 Å². The van der Waals surface area contributed by atoms with Gasteiger partial charge < -0.3 is 15.5 Å². The van der Waals surface area contributed by atoms with Crippen LogP contribution in [-0.4, -0.2) is 34.9 Å². The molecule has 0 rings (SSSR count). The Morgan fingerprint density at radius 3 is 1.16 bits per heavy atom. The Bertz CT molecular complexity index is 720. The first kappa shape index (κ1) is 48.9. The van der Waals surface area contributed by atoms with Crippen LogP contribution in [0.3, 0.4) is 0 Å². The zero-order valence-corrected chi connectivity index (χ0v) is 33.9. The Balaban J connectivity index is 3.55. The molecule has 2 atom stereocenters. The number of amides is 1. The lowest BCUT2D eigenvalue weighted by atomic mass is 10.0. The number of allylic oxidation sites excluding steroid dienone is 3. The molecular formula is C46H89NO3. The van der Waals surface area contributed by atoms with Crippen molar-refractivity contribution in [1.82, 2.24) is 5.32 Å². The molecule has 0 saturated carbocycles. The van der Waals surface area contributed by atoms with Gasteiger partial charge in [-0.3, -0.25) is 4.79 Å². The predicted octanol–water partition coefficient (Wildman–Crippen LogP) is 14.0. The van der Waals surface area contributed by atoms with Crippen molar-refractivity contribution < 1.29 is 15.0 Å². The van der Waals surface area contributed by atoms with Crippen LogP contribution < -0.4 is 5.32 Å². The molecule has 0 saturated heterocycles. The number of aliphatic hydroxyl groups is 2. The summed E-state index contributed by atoms with van der Waals surface area (Å²) in [5, 5.41) is 23.0. The van der Waals surface area contributed by atoms with E-state index < -0.39 is 12.1 Å². The van der Waals surface area contributed by atoms with E-state index in [1.54, 1.807) is 6.08 Å². The van der Waals surface area contributed by atoms with Crippen LogP contribution in [0.1, 0.15) is 245 Å². The largest absolute Gasteiger partial charge is 0.394 e. The normalized spacial score (nSPS) is 13.1. The number of aliphatic hydroxyl groups excluding tert-OH is 2. The van der Waals surface area contributed by atoms with Crippen LogP contribution in [0, 0.1) is 0 Å². The van der Waals surface area contributed by atoms with Gasteiger partial charge in [-0.05, 0) is 32.1 Å². The maximum atomic E-state index is 12.3. The fourth-order valence-electron chi connectivity index (χ4n) is 6.96. The number of hydrogen-bond acceptors (Lipinski definition) is 3. The van der Waals surface area contributed by atoms with Crippen molar-refractivity contribution in [1.29, 1.82) is 0 Å². The van der Waals surface area contributed by atoms with Crippen LogP contribution >= 0.6 is 0 Å². The minimum Gasteiger partial charge on any atom is -0.394 e. The van der Waals surface area contributed by atoms with E-state index in [1.807, 2.05) is 6.08 Å².